The Kier molecular flexibility index (Phi) is 6.55. The molecule has 1 aromatic rings. The van der Waals surface area contributed by atoms with Crippen LogP contribution < -0.4 is 5.73 Å². The number of carbonyl (C=O) groups is 3. The molecule has 1 saturated carbocycles. The third kappa shape index (κ3) is 3.95. The summed E-state index contributed by atoms with van der Waals surface area (Å²) in [6.45, 7) is 0.971. The van der Waals surface area contributed by atoms with Crippen LogP contribution in [0.4, 0.5) is 8.78 Å². The number of primary amides is 1. The van der Waals surface area contributed by atoms with Crippen LogP contribution in [0, 0.1) is 17.7 Å². The third-order valence-corrected chi connectivity index (χ3v) is 8.64. The van der Waals surface area contributed by atoms with Crippen molar-refractivity contribution in [2.45, 2.75) is 50.0 Å². The Hall–Kier alpha value is -3.35. The third-order valence-electron chi connectivity index (χ3n) is 8.64. The molecule has 0 aromatic heterocycles. The number of Topliss-reactive ketones (excluding diaryl/α,β-unsaturated/α-hetero) is 2. The van der Waals surface area contributed by atoms with Gasteiger partial charge in [0.2, 0.25) is 5.78 Å². The molecular weight excluding hydrogens is 516 g/mol. The molecule has 0 spiro atoms. The molecular formula is C27H31F2N3O7. The summed E-state index contributed by atoms with van der Waals surface area (Å²) in [6.07, 6.45) is -0.513. The van der Waals surface area contributed by atoms with Crippen LogP contribution >= 0.6 is 0 Å². The molecule has 39 heavy (non-hydrogen) atoms. The van der Waals surface area contributed by atoms with E-state index in [0.29, 0.717) is 25.9 Å². The van der Waals surface area contributed by atoms with E-state index in [1.165, 1.54) is 19.0 Å². The number of benzene rings is 1. The number of phenolic OH excluding ortho intramolecular Hbond substituents is 1. The minimum Gasteiger partial charge on any atom is -0.508 e. The van der Waals surface area contributed by atoms with Crippen LogP contribution in [0.2, 0.25) is 0 Å². The van der Waals surface area contributed by atoms with Crippen molar-refractivity contribution in [3.8, 4) is 5.75 Å². The summed E-state index contributed by atoms with van der Waals surface area (Å²) in [7, 11) is 3.01. The predicted octanol–water partition coefficient (Wildman–Crippen LogP) is 1.04. The molecule has 4 aliphatic rings. The van der Waals surface area contributed by atoms with Crippen molar-refractivity contribution in [2.75, 3.05) is 27.2 Å². The molecule has 12 heteroatoms. The van der Waals surface area contributed by atoms with Crippen LogP contribution in [0.1, 0.15) is 36.0 Å². The lowest BCUT2D eigenvalue weighted by molar-refractivity contribution is -0.153. The van der Waals surface area contributed by atoms with Crippen molar-refractivity contribution >= 4 is 23.2 Å². The highest BCUT2D eigenvalue weighted by Crippen LogP contribution is 2.53. The van der Waals surface area contributed by atoms with Crippen LogP contribution in [0.15, 0.2) is 23.0 Å². The number of hydrogen-bond donors (Lipinski definition) is 5. The molecule has 1 aromatic carbocycles. The molecule has 1 aliphatic heterocycles. The number of hydrogen-bond acceptors (Lipinski definition) is 9. The average molecular weight is 548 g/mol. The Bertz CT molecular complexity index is 1350. The summed E-state index contributed by atoms with van der Waals surface area (Å²) in [4.78, 5) is 42.2. The fraction of sp³-hybridized carbons (Fsp3) is 0.519. The van der Waals surface area contributed by atoms with Crippen molar-refractivity contribution < 1.29 is 43.6 Å². The van der Waals surface area contributed by atoms with E-state index in [1.807, 2.05) is 4.90 Å². The van der Waals surface area contributed by atoms with E-state index in [-0.39, 0.29) is 41.6 Å². The summed E-state index contributed by atoms with van der Waals surface area (Å²) in [5.74, 6) is -8.50. The molecule has 1 saturated heterocycles. The fourth-order valence-corrected chi connectivity index (χ4v) is 6.76. The van der Waals surface area contributed by atoms with Gasteiger partial charge < -0.3 is 26.2 Å². The van der Waals surface area contributed by atoms with E-state index in [9.17, 15) is 39.2 Å². The Morgan fingerprint density at radius 3 is 2.44 bits per heavy atom. The highest BCUT2D eigenvalue weighted by molar-refractivity contribution is 6.24. The maximum absolute atomic E-state index is 15.8. The second-order valence-electron chi connectivity index (χ2n) is 11.1. The number of fused-ring (bicyclic) bond motifs is 3. The molecule has 5 rings (SSSR count). The Morgan fingerprint density at radius 1 is 1.21 bits per heavy atom. The number of nitrogens with two attached hydrogens (primary N) is 1. The van der Waals surface area contributed by atoms with Gasteiger partial charge in [-0.15, -0.1) is 0 Å². The minimum atomic E-state index is -2.75. The first-order chi connectivity index (χ1) is 18.3. The molecule has 6 N–H and O–H groups in total. The van der Waals surface area contributed by atoms with Gasteiger partial charge in [0, 0.05) is 42.3 Å². The first kappa shape index (κ1) is 27.2. The summed E-state index contributed by atoms with van der Waals surface area (Å²) in [6, 6.07) is -0.0629. The van der Waals surface area contributed by atoms with Crippen molar-refractivity contribution in [2.24, 2.45) is 17.6 Å². The molecule has 210 valence electrons. The number of amides is 1. The van der Waals surface area contributed by atoms with Gasteiger partial charge in [0.15, 0.2) is 11.4 Å². The summed E-state index contributed by atoms with van der Waals surface area (Å²) >= 11 is 0. The zero-order chi connectivity index (χ0) is 28.5. The van der Waals surface area contributed by atoms with Gasteiger partial charge >= 0.3 is 0 Å². The second-order valence-corrected chi connectivity index (χ2v) is 11.1. The van der Waals surface area contributed by atoms with E-state index in [0.717, 1.165) is 6.07 Å². The smallest absolute Gasteiger partial charge is 0.255 e. The topological polar surface area (TPSA) is 165 Å². The number of alkyl halides is 1. The number of rotatable bonds is 4. The predicted molar refractivity (Wildman–Crippen MR) is 134 cm³/mol. The van der Waals surface area contributed by atoms with Gasteiger partial charge in [0.25, 0.3) is 5.91 Å². The van der Waals surface area contributed by atoms with Gasteiger partial charge in [-0.1, -0.05) is 0 Å². The summed E-state index contributed by atoms with van der Waals surface area (Å²) < 4.78 is 29.4. The van der Waals surface area contributed by atoms with Gasteiger partial charge in [0.1, 0.15) is 34.8 Å². The lowest BCUT2D eigenvalue weighted by atomic mass is 9.57. The molecule has 0 bridgehead atoms. The molecule has 10 nitrogen and oxygen atoms in total. The molecule has 2 fully saturated rings. The van der Waals surface area contributed by atoms with E-state index >= 15 is 4.39 Å². The number of piperidine rings is 1. The van der Waals surface area contributed by atoms with Crippen molar-refractivity contribution in [1.82, 2.24) is 9.80 Å². The number of likely N-dealkylation sites (N-methyl/N-ethyl adjacent to an activating group) is 1. The van der Waals surface area contributed by atoms with Crippen molar-refractivity contribution in [3.63, 3.8) is 0 Å². The minimum absolute atomic E-state index is 0.0176. The highest BCUT2D eigenvalue weighted by Gasteiger charge is 2.64. The number of nitrogens with zero attached hydrogens (tertiary/aromatic N) is 2. The molecule has 0 unspecified atom stereocenters. The second kappa shape index (κ2) is 9.39. The van der Waals surface area contributed by atoms with E-state index in [4.69, 9.17) is 5.73 Å². The van der Waals surface area contributed by atoms with Gasteiger partial charge in [-0.3, -0.25) is 24.2 Å². The maximum Gasteiger partial charge on any atom is 0.255 e. The number of aliphatic hydroxyl groups is 3. The van der Waals surface area contributed by atoms with Crippen LogP contribution in [-0.4, -0.2) is 92.7 Å². The quantitative estimate of drug-likeness (QED) is 0.346. The van der Waals surface area contributed by atoms with Gasteiger partial charge in [-0.2, -0.15) is 0 Å². The number of halogens is 2. The Labute approximate surface area is 223 Å². The first-order valence-corrected chi connectivity index (χ1v) is 12.8. The van der Waals surface area contributed by atoms with E-state index in [2.05, 4.69) is 0 Å². The van der Waals surface area contributed by atoms with Crippen LogP contribution in [-0.2, 0) is 27.3 Å². The molecule has 4 atom stereocenters. The molecule has 1 amide bonds. The van der Waals surface area contributed by atoms with E-state index in [1.54, 1.807) is 0 Å². The zero-order valence-corrected chi connectivity index (χ0v) is 21.6. The van der Waals surface area contributed by atoms with Crippen molar-refractivity contribution in [3.05, 3.63) is 45.5 Å². The Morgan fingerprint density at radius 2 is 1.85 bits per heavy atom. The van der Waals surface area contributed by atoms with Gasteiger partial charge in [-0.05, 0) is 51.8 Å². The number of likely N-dealkylation sites (tertiary alicyclic amines) is 1. The SMILES string of the molecule is CN(C)[C@@H]1C(=O)C(C(N)=O)=C(O)[C@@]2(O)C(=O)C3=C(O)c4c(O)cc(CN5CCC(F)CC5)c(F)c4C[C@H]3C[C@@H]12. The number of phenols is 1. The van der Waals surface area contributed by atoms with Gasteiger partial charge in [-0.25, -0.2) is 8.78 Å². The Balaban J connectivity index is 1.61. The number of ketones is 2. The summed E-state index contributed by atoms with van der Waals surface area (Å²) in [5, 5.41) is 44.4. The zero-order valence-electron chi connectivity index (χ0n) is 21.6. The lowest BCUT2D eigenvalue weighted by Crippen LogP contribution is -2.65. The molecule has 3 aliphatic carbocycles. The van der Waals surface area contributed by atoms with Crippen LogP contribution in [0.5, 0.6) is 5.75 Å². The first-order valence-electron chi connectivity index (χ1n) is 12.8. The largest absolute Gasteiger partial charge is 0.508 e. The standard InChI is InChI=1S/C27H31F2N3O7/c1-31(2)21-15-8-11-7-14-18(16(33)9-12(20(14)29)10-32-5-3-13(28)4-6-32)22(34)17(11)24(36)27(15,39)25(37)19(23(21)35)26(30)38/h9,11,13,15,21,33-34,37,39H,3-8,10H2,1-2H3,(H2,30,38)/t11-,15-,21-,27-/m0/s1. The maximum atomic E-state index is 15.8. The highest BCUT2D eigenvalue weighted by atomic mass is 19.1. The number of aliphatic hydroxyl groups excluding tert-OH is 2. The van der Waals surface area contributed by atoms with Crippen LogP contribution in [0.25, 0.3) is 5.76 Å². The monoisotopic (exact) mass is 547 g/mol. The number of aromatic hydroxyl groups is 1. The average Bonchev–Trinajstić information content (AvgIpc) is 2.85. The molecule has 0 radical (unpaired) electrons. The van der Waals surface area contributed by atoms with Crippen molar-refractivity contribution in [1.29, 1.82) is 0 Å². The normalized spacial score (nSPS) is 29.9. The molecule has 1 heterocycles. The lowest BCUT2D eigenvalue weighted by Gasteiger charge is -2.50. The fourth-order valence-electron chi connectivity index (χ4n) is 6.76. The van der Waals surface area contributed by atoms with Crippen LogP contribution in [0.3, 0.4) is 0 Å². The number of carbonyl (C=O) groups excluding carboxylic acids is 3. The van der Waals surface area contributed by atoms with E-state index < -0.39 is 75.8 Å². The van der Waals surface area contributed by atoms with Gasteiger partial charge in [0.05, 0.1) is 11.6 Å². The summed E-state index contributed by atoms with van der Waals surface area (Å²) in [5.41, 5.74) is 1.17.